The maximum atomic E-state index is 12.0. The lowest BCUT2D eigenvalue weighted by Gasteiger charge is -2.17. The first-order chi connectivity index (χ1) is 10.9. The molecule has 0 spiro atoms. The van der Waals surface area contributed by atoms with Crippen LogP contribution in [0.4, 0.5) is 0 Å². The maximum absolute atomic E-state index is 12.0. The predicted molar refractivity (Wildman–Crippen MR) is 85.1 cm³/mol. The summed E-state index contributed by atoms with van der Waals surface area (Å²) in [5.74, 6) is -1.40. The topological polar surface area (TPSA) is 84.5 Å². The van der Waals surface area contributed by atoms with Gasteiger partial charge in [0.15, 0.2) is 6.10 Å². The van der Waals surface area contributed by atoms with Gasteiger partial charge in [0.25, 0.3) is 11.8 Å². The Morgan fingerprint density at radius 2 is 1.78 bits per heavy atom. The van der Waals surface area contributed by atoms with Crippen LogP contribution in [0.2, 0.25) is 5.02 Å². The van der Waals surface area contributed by atoms with E-state index >= 15 is 0 Å². The van der Waals surface area contributed by atoms with Crippen LogP contribution < -0.4 is 10.6 Å². The number of benzene rings is 1. The molecule has 0 radical (unpaired) electrons. The number of amides is 2. The Morgan fingerprint density at radius 3 is 2.35 bits per heavy atom. The standard InChI is InChI=1S/C16H19ClN2O4/c1-9(18-15(21)11-3-5-12(17)6-4-11)16(22)23-10(2)14(20)19-13-7-8-13/h3-6,9-10,13H,7-8H2,1-2H3,(H,18,21)(H,19,20)/t9-,10-/m0/s1. The average Bonchev–Trinajstić information content (AvgIpc) is 3.31. The molecule has 0 aliphatic heterocycles. The number of carbonyl (C=O) groups excluding carboxylic acids is 3. The van der Waals surface area contributed by atoms with Gasteiger partial charge in [-0.15, -0.1) is 0 Å². The summed E-state index contributed by atoms with van der Waals surface area (Å²) < 4.78 is 5.07. The molecule has 1 aliphatic rings. The second-order valence-corrected chi connectivity index (χ2v) is 6.00. The summed E-state index contributed by atoms with van der Waals surface area (Å²) in [7, 11) is 0. The van der Waals surface area contributed by atoms with Crippen LogP contribution in [0.3, 0.4) is 0 Å². The summed E-state index contributed by atoms with van der Waals surface area (Å²) in [4.78, 5) is 35.7. The maximum Gasteiger partial charge on any atom is 0.329 e. The van der Waals surface area contributed by atoms with Crippen molar-refractivity contribution >= 4 is 29.4 Å². The molecule has 2 atom stereocenters. The van der Waals surface area contributed by atoms with E-state index < -0.39 is 24.0 Å². The minimum absolute atomic E-state index is 0.200. The molecule has 0 unspecified atom stereocenters. The second-order valence-electron chi connectivity index (χ2n) is 5.56. The van der Waals surface area contributed by atoms with E-state index in [1.807, 2.05) is 0 Å². The Hall–Kier alpha value is -2.08. The molecule has 2 amide bonds. The smallest absolute Gasteiger partial charge is 0.329 e. The van der Waals surface area contributed by atoms with Crippen molar-refractivity contribution in [3.63, 3.8) is 0 Å². The predicted octanol–water partition coefficient (Wildman–Crippen LogP) is 1.67. The van der Waals surface area contributed by atoms with E-state index in [-0.39, 0.29) is 11.9 Å². The van der Waals surface area contributed by atoms with Gasteiger partial charge in [-0.2, -0.15) is 0 Å². The lowest BCUT2D eigenvalue weighted by atomic mass is 10.2. The zero-order valence-electron chi connectivity index (χ0n) is 13.0. The third-order valence-corrected chi connectivity index (χ3v) is 3.65. The van der Waals surface area contributed by atoms with Crippen LogP contribution in [-0.2, 0) is 14.3 Å². The quantitative estimate of drug-likeness (QED) is 0.773. The molecule has 6 nitrogen and oxygen atoms in total. The van der Waals surface area contributed by atoms with Gasteiger partial charge in [0, 0.05) is 16.6 Å². The molecular weight excluding hydrogens is 320 g/mol. The molecule has 0 saturated heterocycles. The Labute approximate surface area is 139 Å². The summed E-state index contributed by atoms with van der Waals surface area (Å²) in [6.45, 7) is 3.00. The number of nitrogens with one attached hydrogen (secondary N) is 2. The van der Waals surface area contributed by atoms with Gasteiger partial charge >= 0.3 is 5.97 Å². The molecule has 1 aromatic rings. The minimum atomic E-state index is -0.891. The lowest BCUT2D eigenvalue weighted by molar-refractivity contribution is -0.156. The molecule has 1 saturated carbocycles. The van der Waals surface area contributed by atoms with Crippen molar-refractivity contribution in [3.05, 3.63) is 34.9 Å². The molecule has 1 aliphatic carbocycles. The number of esters is 1. The zero-order valence-corrected chi connectivity index (χ0v) is 13.7. The highest BCUT2D eigenvalue weighted by molar-refractivity contribution is 6.30. The lowest BCUT2D eigenvalue weighted by Crippen LogP contribution is -2.43. The van der Waals surface area contributed by atoms with Gasteiger partial charge in [-0.3, -0.25) is 9.59 Å². The first-order valence-corrected chi connectivity index (χ1v) is 7.82. The minimum Gasteiger partial charge on any atom is -0.451 e. The van der Waals surface area contributed by atoms with Crippen molar-refractivity contribution in [1.82, 2.24) is 10.6 Å². The van der Waals surface area contributed by atoms with E-state index in [0.29, 0.717) is 10.6 Å². The first kappa shape index (κ1) is 17.3. The van der Waals surface area contributed by atoms with Crippen molar-refractivity contribution in [3.8, 4) is 0 Å². The van der Waals surface area contributed by atoms with E-state index in [9.17, 15) is 14.4 Å². The molecule has 23 heavy (non-hydrogen) atoms. The third kappa shape index (κ3) is 5.25. The monoisotopic (exact) mass is 338 g/mol. The molecule has 7 heteroatoms. The Morgan fingerprint density at radius 1 is 1.17 bits per heavy atom. The molecule has 2 rings (SSSR count). The molecule has 1 aromatic carbocycles. The van der Waals surface area contributed by atoms with Crippen LogP contribution in [0.1, 0.15) is 37.0 Å². The molecule has 0 heterocycles. The number of rotatable bonds is 6. The summed E-state index contributed by atoms with van der Waals surface area (Å²) >= 11 is 5.76. The van der Waals surface area contributed by atoms with Gasteiger partial charge in [0.1, 0.15) is 6.04 Å². The van der Waals surface area contributed by atoms with Crippen LogP contribution in [0.5, 0.6) is 0 Å². The average molecular weight is 339 g/mol. The van der Waals surface area contributed by atoms with Crippen molar-refractivity contribution in [1.29, 1.82) is 0 Å². The molecule has 0 bridgehead atoms. The van der Waals surface area contributed by atoms with E-state index in [2.05, 4.69) is 10.6 Å². The number of ether oxygens (including phenoxy) is 1. The number of carbonyl (C=O) groups is 3. The van der Waals surface area contributed by atoms with Crippen LogP contribution in [0.25, 0.3) is 0 Å². The van der Waals surface area contributed by atoms with Crippen LogP contribution >= 0.6 is 11.6 Å². The molecule has 0 aromatic heterocycles. The van der Waals surface area contributed by atoms with Crippen molar-refractivity contribution < 1.29 is 19.1 Å². The van der Waals surface area contributed by atoms with E-state index in [1.54, 1.807) is 24.3 Å². The van der Waals surface area contributed by atoms with Gasteiger partial charge < -0.3 is 15.4 Å². The SMILES string of the molecule is C[C@H](NC(=O)c1ccc(Cl)cc1)C(=O)O[C@@H](C)C(=O)NC1CC1. The van der Waals surface area contributed by atoms with Gasteiger partial charge in [-0.1, -0.05) is 11.6 Å². The second kappa shape index (κ2) is 7.46. The largest absolute Gasteiger partial charge is 0.451 e. The summed E-state index contributed by atoms with van der Waals surface area (Å²) in [5.41, 5.74) is 0.383. The Balaban J connectivity index is 1.82. The van der Waals surface area contributed by atoms with Crippen molar-refractivity contribution in [2.24, 2.45) is 0 Å². The van der Waals surface area contributed by atoms with Gasteiger partial charge in [-0.05, 0) is 51.0 Å². The Bertz CT molecular complexity index is 599. The molecule has 124 valence electrons. The fraction of sp³-hybridized carbons (Fsp3) is 0.438. The highest BCUT2D eigenvalue weighted by atomic mass is 35.5. The molecule has 2 N–H and O–H groups in total. The number of hydrogen-bond donors (Lipinski definition) is 2. The molecular formula is C16H19ClN2O4. The fourth-order valence-corrected chi connectivity index (χ4v) is 1.94. The van der Waals surface area contributed by atoms with Crippen molar-refractivity contribution in [2.75, 3.05) is 0 Å². The molecule has 1 fully saturated rings. The van der Waals surface area contributed by atoms with Gasteiger partial charge in [-0.25, -0.2) is 4.79 Å². The van der Waals surface area contributed by atoms with E-state index in [4.69, 9.17) is 16.3 Å². The van der Waals surface area contributed by atoms with Crippen LogP contribution in [-0.4, -0.2) is 36.0 Å². The zero-order chi connectivity index (χ0) is 17.0. The Kier molecular flexibility index (Phi) is 5.60. The summed E-state index contributed by atoms with van der Waals surface area (Å²) in [5, 5.41) is 5.80. The van der Waals surface area contributed by atoms with Gasteiger partial charge in [0.2, 0.25) is 0 Å². The summed E-state index contributed by atoms with van der Waals surface area (Å²) in [6.07, 6.45) is 1.03. The third-order valence-electron chi connectivity index (χ3n) is 3.39. The van der Waals surface area contributed by atoms with Crippen LogP contribution in [0, 0.1) is 0 Å². The number of halogens is 1. The summed E-state index contributed by atoms with van der Waals surface area (Å²) in [6, 6.07) is 5.62. The fourth-order valence-electron chi connectivity index (χ4n) is 1.82. The highest BCUT2D eigenvalue weighted by Crippen LogP contribution is 2.18. The van der Waals surface area contributed by atoms with Gasteiger partial charge in [0.05, 0.1) is 0 Å². The first-order valence-electron chi connectivity index (χ1n) is 7.44. The highest BCUT2D eigenvalue weighted by Gasteiger charge is 2.28. The number of hydrogen-bond acceptors (Lipinski definition) is 4. The van der Waals surface area contributed by atoms with E-state index in [1.165, 1.54) is 13.8 Å². The van der Waals surface area contributed by atoms with Crippen molar-refractivity contribution in [2.45, 2.75) is 44.9 Å². The normalized spacial score (nSPS) is 16.1. The van der Waals surface area contributed by atoms with Crippen LogP contribution in [0.15, 0.2) is 24.3 Å². The van der Waals surface area contributed by atoms with E-state index in [0.717, 1.165) is 12.8 Å².